The highest BCUT2D eigenvalue weighted by atomic mass is 31.1. The number of esters is 1. The molecule has 1 atom stereocenters. The van der Waals surface area contributed by atoms with Crippen molar-refractivity contribution < 1.29 is 18.5 Å². The molecule has 4 nitrogen and oxygen atoms in total. The molecule has 0 aromatic carbocycles. The zero-order valence-electron chi connectivity index (χ0n) is 10.8. The van der Waals surface area contributed by atoms with E-state index < -0.39 is 0 Å². The van der Waals surface area contributed by atoms with Crippen LogP contribution in [0.25, 0.3) is 0 Å². The SMILES string of the molecule is C=C(C)C(=O)OC(C)[P-]OCC[N+](C)(C)C. The number of hydrogen-bond acceptors (Lipinski definition) is 3. The summed E-state index contributed by atoms with van der Waals surface area (Å²) in [6.07, 6.45) is 0. The van der Waals surface area contributed by atoms with Gasteiger partial charge < -0.3 is 22.6 Å². The Morgan fingerprint density at radius 2 is 2.00 bits per heavy atom. The molecule has 0 aliphatic heterocycles. The standard InChI is InChI=1S/C11H22NO3P/c1-9(2)11(13)15-10(3)16-14-8-7-12(4,5)6/h10H,1,7-8H2,2-6H3. The molecule has 0 spiro atoms. The van der Waals surface area contributed by atoms with Crippen LogP contribution in [0.3, 0.4) is 0 Å². The van der Waals surface area contributed by atoms with E-state index in [1.807, 2.05) is 0 Å². The number of nitrogens with zero attached hydrogens (tertiary/aromatic N) is 1. The number of likely N-dealkylation sites (N-methyl/N-ethyl adjacent to an activating group) is 1. The van der Waals surface area contributed by atoms with Crippen molar-refractivity contribution in [2.24, 2.45) is 0 Å². The first-order valence-electron chi connectivity index (χ1n) is 5.21. The van der Waals surface area contributed by atoms with Gasteiger partial charge in [-0.15, -0.1) is 0 Å². The molecule has 0 bridgehead atoms. The van der Waals surface area contributed by atoms with Gasteiger partial charge in [-0.25, -0.2) is 4.79 Å². The van der Waals surface area contributed by atoms with Crippen LogP contribution in [0.15, 0.2) is 12.2 Å². The van der Waals surface area contributed by atoms with Gasteiger partial charge in [-0.05, 0) is 12.8 Å². The highest BCUT2D eigenvalue weighted by Crippen LogP contribution is 2.21. The second-order valence-corrected chi connectivity index (χ2v) is 5.93. The lowest BCUT2D eigenvalue weighted by molar-refractivity contribution is -0.870. The maximum Gasteiger partial charge on any atom is 0.330 e. The van der Waals surface area contributed by atoms with E-state index in [1.54, 1.807) is 13.8 Å². The van der Waals surface area contributed by atoms with Gasteiger partial charge in [0.2, 0.25) is 0 Å². The molecule has 0 saturated heterocycles. The molecular formula is C11H22NO3P. The van der Waals surface area contributed by atoms with Crippen LogP contribution in [-0.4, -0.2) is 50.6 Å². The molecule has 0 heterocycles. The van der Waals surface area contributed by atoms with Crippen molar-refractivity contribution in [1.82, 2.24) is 0 Å². The Bertz CT molecular complexity index is 248. The molecule has 0 radical (unpaired) electrons. The lowest BCUT2D eigenvalue weighted by Gasteiger charge is -2.30. The van der Waals surface area contributed by atoms with Crippen LogP contribution in [0.4, 0.5) is 0 Å². The fourth-order valence-electron chi connectivity index (χ4n) is 0.749. The van der Waals surface area contributed by atoms with Crippen molar-refractivity contribution in [2.75, 3.05) is 34.3 Å². The van der Waals surface area contributed by atoms with Gasteiger partial charge in [-0.2, -0.15) is 0 Å². The Morgan fingerprint density at radius 1 is 1.44 bits per heavy atom. The number of ether oxygens (including phenoxy) is 1. The lowest BCUT2D eigenvalue weighted by atomic mass is 10.4. The Kier molecular flexibility index (Phi) is 6.81. The predicted octanol–water partition coefficient (Wildman–Crippen LogP) is 2.04. The zero-order valence-corrected chi connectivity index (χ0v) is 11.7. The summed E-state index contributed by atoms with van der Waals surface area (Å²) in [4.78, 5) is 11.2. The first-order chi connectivity index (χ1) is 7.22. The minimum Gasteiger partial charge on any atom is -0.550 e. The summed E-state index contributed by atoms with van der Waals surface area (Å²) in [6, 6.07) is 0. The van der Waals surface area contributed by atoms with Gasteiger partial charge in [-0.3, -0.25) is 0 Å². The summed E-state index contributed by atoms with van der Waals surface area (Å²) in [5.74, 6) is -0.619. The minimum absolute atomic E-state index is 0.253. The average molecular weight is 247 g/mol. The fourth-order valence-corrected chi connectivity index (χ4v) is 1.29. The molecule has 94 valence electrons. The van der Waals surface area contributed by atoms with Crippen molar-refractivity contribution in [3.8, 4) is 0 Å². The largest absolute Gasteiger partial charge is 0.550 e. The van der Waals surface area contributed by atoms with Gasteiger partial charge in [0.1, 0.15) is 0 Å². The molecule has 0 fully saturated rings. The molecule has 1 unspecified atom stereocenters. The summed E-state index contributed by atoms with van der Waals surface area (Å²) < 4.78 is 11.3. The van der Waals surface area contributed by atoms with E-state index >= 15 is 0 Å². The average Bonchev–Trinajstić information content (AvgIpc) is 2.10. The number of carbonyl (C=O) groups excluding carboxylic acids is 1. The Morgan fingerprint density at radius 3 is 2.44 bits per heavy atom. The molecule has 0 amide bonds. The Balaban J connectivity index is 3.63. The van der Waals surface area contributed by atoms with Crippen LogP contribution in [0.2, 0.25) is 0 Å². The van der Waals surface area contributed by atoms with Crippen molar-refractivity contribution in [3.63, 3.8) is 0 Å². The van der Waals surface area contributed by atoms with E-state index in [0.29, 0.717) is 21.0 Å². The third-order valence-corrected chi connectivity index (χ3v) is 2.44. The highest BCUT2D eigenvalue weighted by molar-refractivity contribution is 7.32. The Hall–Kier alpha value is -0.440. The van der Waals surface area contributed by atoms with Gasteiger partial charge in [0, 0.05) is 5.57 Å². The normalized spacial score (nSPS) is 14.1. The third-order valence-electron chi connectivity index (χ3n) is 1.70. The van der Waals surface area contributed by atoms with E-state index in [-0.39, 0.29) is 11.8 Å². The minimum atomic E-state index is -0.366. The van der Waals surface area contributed by atoms with Crippen LogP contribution >= 0.6 is 8.81 Å². The van der Waals surface area contributed by atoms with Crippen molar-refractivity contribution in [1.29, 1.82) is 0 Å². The molecule has 0 aromatic rings. The lowest BCUT2D eigenvalue weighted by Crippen LogP contribution is -2.37. The molecule has 0 saturated carbocycles. The molecule has 5 heteroatoms. The number of rotatable bonds is 7. The molecule has 0 aliphatic carbocycles. The number of carbonyl (C=O) groups is 1. The van der Waals surface area contributed by atoms with Gasteiger partial charge >= 0.3 is 5.97 Å². The number of hydrogen-bond donors (Lipinski definition) is 0. The summed E-state index contributed by atoms with van der Waals surface area (Å²) in [5, 5.41) is 0. The smallest absolute Gasteiger partial charge is 0.330 e. The maximum atomic E-state index is 11.2. The first kappa shape index (κ1) is 15.6. The van der Waals surface area contributed by atoms with Crippen LogP contribution < -0.4 is 0 Å². The second kappa shape index (κ2) is 7.00. The van der Waals surface area contributed by atoms with Gasteiger partial charge in [0.15, 0.2) is 0 Å². The maximum absolute atomic E-state index is 11.2. The highest BCUT2D eigenvalue weighted by Gasteiger charge is 2.05. The molecule has 0 aromatic heterocycles. The molecular weight excluding hydrogens is 225 g/mol. The van der Waals surface area contributed by atoms with Crippen molar-refractivity contribution in [3.05, 3.63) is 12.2 Å². The topological polar surface area (TPSA) is 35.5 Å². The predicted molar refractivity (Wildman–Crippen MR) is 66.1 cm³/mol. The molecule has 0 aliphatic rings. The summed E-state index contributed by atoms with van der Waals surface area (Å²) in [7, 11) is 6.98. The number of quaternary nitrogens is 1. The van der Waals surface area contributed by atoms with E-state index in [9.17, 15) is 4.79 Å². The van der Waals surface area contributed by atoms with Crippen molar-refractivity contribution in [2.45, 2.75) is 19.7 Å². The fraction of sp³-hybridized carbons (Fsp3) is 0.727. The molecule has 0 rings (SSSR count). The van der Waals surface area contributed by atoms with E-state index in [4.69, 9.17) is 9.26 Å². The third kappa shape index (κ3) is 8.84. The van der Waals surface area contributed by atoms with E-state index in [0.717, 1.165) is 11.0 Å². The van der Waals surface area contributed by atoms with Crippen LogP contribution in [-0.2, 0) is 14.1 Å². The first-order valence-corrected chi connectivity index (χ1v) is 6.09. The summed E-state index contributed by atoms with van der Waals surface area (Å²) in [6.45, 7) is 8.52. The molecule has 16 heavy (non-hydrogen) atoms. The second-order valence-electron chi connectivity index (χ2n) is 4.74. The van der Waals surface area contributed by atoms with E-state index in [2.05, 4.69) is 27.7 Å². The van der Waals surface area contributed by atoms with Crippen molar-refractivity contribution >= 4 is 14.8 Å². The van der Waals surface area contributed by atoms with Gasteiger partial charge in [-0.1, -0.05) is 13.5 Å². The van der Waals surface area contributed by atoms with Crippen LogP contribution in [0.1, 0.15) is 13.8 Å². The monoisotopic (exact) mass is 247 g/mol. The van der Waals surface area contributed by atoms with E-state index in [1.165, 1.54) is 0 Å². The van der Waals surface area contributed by atoms with Crippen LogP contribution in [0, 0.1) is 0 Å². The van der Waals surface area contributed by atoms with Crippen LogP contribution in [0.5, 0.6) is 0 Å². The zero-order chi connectivity index (χ0) is 12.8. The summed E-state index contributed by atoms with van der Waals surface area (Å²) >= 11 is 0. The Labute approximate surface area is 100 Å². The molecule has 0 N–H and O–H groups in total. The summed E-state index contributed by atoms with van der Waals surface area (Å²) in [5.41, 5.74) is 0.411. The quantitative estimate of drug-likeness (QED) is 0.227. The van der Waals surface area contributed by atoms with Gasteiger partial charge in [0.25, 0.3) is 0 Å². The van der Waals surface area contributed by atoms with Gasteiger partial charge in [0.05, 0.1) is 34.3 Å².